The van der Waals surface area contributed by atoms with Crippen molar-refractivity contribution in [3.63, 3.8) is 0 Å². The molecule has 0 unspecified atom stereocenters. The van der Waals surface area contributed by atoms with Crippen LogP contribution in [0.2, 0.25) is 0 Å². The number of nitrogens with one attached hydrogen (secondary N) is 2. The Labute approximate surface area is 387 Å². The fraction of sp³-hybridized carbons (Fsp3) is 0.306. The van der Waals surface area contributed by atoms with Crippen LogP contribution in [-0.2, 0) is 32.6 Å². The van der Waals surface area contributed by atoms with Gasteiger partial charge >= 0.3 is 6.09 Å². The molecule has 66 heavy (non-hydrogen) atoms. The first-order valence-electron chi connectivity index (χ1n) is 21.7. The highest BCUT2D eigenvalue weighted by molar-refractivity contribution is 7.89. The fourth-order valence-electron chi connectivity index (χ4n) is 9.15. The predicted molar refractivity (Wildman–Crippen MR) is 251 cm³/mol. The zero-order valence-electron chi connectivity index (χ0n) is 36.7. The van der Waals surface area contributed by atoms with Crippen molar-refractivity contribution < 1.29 is 41.8 Å². The number of hydrogen-bond acceptors (Lipinski definition) is 10. The minimum atomic E-state index is -3.61. The number of ether oxygens (including phenoxy) is 3. The number of piperazine rings is 1. The van der Waals surface area contributed by atoms with E-state index in [1.165, 1.54) is 31.2 Å². The number of anilines is 2. The van der Waals surface area contributed by atoms with Crippen molar-refractivity contribution in [2.24, 2.45) is 0 Å². The van der Waals surface area contributed by atoms with Crippen LogP contribution in [-0.4, -0.2) is 119 Å². The highest BCUT2D eigenvalue weighted by atomic mass is 35.5. The van der Waals surface area contributed by atoms with Crippen molar-refractivity contribution in [2.75, 3.05) is 76.6 Å². The molecule has 342 valence electrons. The van der Waals surface area contributed by atoms with E-state index >= 15 is 0 Å². The topological polar surface area (TPSA) is 167 Å². The SMILES string of the molecule is CNS(=O)(=O)c1ccc(C2=CCN3C(=O)c4cc(OC)c(OCc5cccc(CC(=O)N6C[C@@H](CCl)c7c6cc(OC(=O)N6CCN(C)CC6)c6ccccc76)c5)cc4NC(=O)[C@@H]3C2)cc1. The van der Waals surface area contributed by atoms with E-state index in [1.807, 2.05) is 61.7 Å². The summed E-state index contributed by atoms with van der Waals surface area (Å²) >= 11 is 6.55. The standard InChI is InChI=1S/C49H49ClN6O9S/c1-51-66(61,62)35-13-11-32(12-14-35)33-15-16-55-41(23-33)47(58)52-39-25-44(43(63-3)24-38(39)48(55)59)64-29-31-8-6-7-30(21-31)22-45(57)56-28-34(27-50)46-37-10-5-4-9-36(37)42(26-40(46)56)65-49(60)54-19-17-53(2)18-20-54/h4-15,21,24-26,34,41,51H,16-20,22-23,27-29H2,1-3H3,(H,52,58)/t34-,41+/m1/s1. The summed E-state index contributed by atoms with van der Waals surface area (Å²) < 4.78 is 44.8. The van der Waals surface area contributed by atoms with Crippen LogP contribution < -0.4 is 29.1 Å². The zero-order chi connectivity index (χ0) is 46.3. The first-order valence-corrected chi connectivity index (χ1v) is 23.7. The van der Waals surface area contributed by atoms with Gasteiger partial charge in [-0.3, -0.25) is 14.4 Å². The van der Waals surface area contributed by atoms with Crippen LogP contribution in [0, 0.1) is 0 Å². The van der Waals surface area contributed by atoms with E-state index < -0.39 is 22.2 Å². The molecular weight excluding hydrogens is 884 g/mol. The van der Waals surface area contributed by atoms with E-state index in [2.05, 4.69) is 14.9 Å². The van der Waals surface area contributed by atoms with E-state index in [0.29, 0.717) is 48.5 Å². The van der Waals surface area contributed by atoms with Crippen molar-refractivity contribution >= 4 is 73.2 Å². The first-order chi connectivity index (χ1) is 31.8. The lowest BCUT2D eigenvalue weighted by atomic mass is 9.93. The number of rotatable bonds is 11. The number of likely N-dealkylation sites (N-methyl/N-ethyl adjacent to an activating group) is 1. The highest BCUT2D eigenvalue weighted by Gasteiger charge is 2.39. The van der Waals surface area contributed by atoms with Gasteiger partial charge in [-0.2, -0.15) is 0 Å². The number of amides is 4. The Morgan fingerprint density at radius 3 is 2.35 bits per heavy atom. The number of nitrogens with zero attached hydrogens (tertiary/aromatic N) is 4. The van der Waals surface area contributed by atoms with Gasteiger partial charge in [0.1, 0.15) is 18.4 Å². The van der Waals surface area contributed by atoms with Gasteiger partial charge in [0.2, 0.25) is 21.8 Å². The molecule has 4 heterocycles. The van der Waals surface area contributed by atoms with E-state index in [0.717, 1.165) is 51.7 Å². The maximum Gasteiger partial charge on any atom is 0.415 e. The van der Waals surface area contributed by atoms with Gasteiger partial charge in [0, 0.05) is 75.0 Å². The van der Waals surface area contributed by atoms with Gasteiger partial charge in [-0.1, -0.05) is 66.7 Å². The smallest absolute Gasteiger partial charge is 0.415 e. The molecule has 1 saturated heterocycles. The third kappa shape index (κ3) is 8.68. The van der Waals surface area contributed by atoms with Gasteiger partial charge in [0.15, 0.2) is 11.5 Å². The molecule has 5 aromatic carbocycles. The summed E-state index contributed by atoms with van der Waals surface area (Å²) in [4.78, 5) is 62.6. The quantitative estimate of drug-likeness (QED) is 0.145. The van der Waals surface area contributed by atoms with Crippen molar-refractivity contribution in [3.8, 4) is 17.2 Å². The molecule has 2 atom stereocenters. The Morgan fingerprint density at radius 1 is 0.879 bits per heavy atom. The number of halogens is 1. The van der Waals surface area contributed by atoms with Crippen molar-refractivity contribution in [3.05, 3.63) is 125 Å². The van der Waals surface area contributed by atoms with Crippen LogP contribution in [0.3, 0.4) is 0 Å². The van der Waals surface area contributed by atoms with Crippen LogP contribution >= 0.6 is 11.6 Å². The predicted octanol–water partition coefficient (Wildman–Crippen LogP) is 6.24. The zero-order valence-corrected chi connectivity index (χ0v) is 38.3. The highest BCUT2D eigenvalue weighted by Crippen LogP contribution is 2.46. The molecule has 17 heteroatoms. The van der Waals surface area contributed by atoms with Crippen molar-refractivity contribution in [2.45, 2.75) is 36.3 Å². The molecule has 4 aliphatic rings. The fourth-order valence-corrected chi connectivity index (χ4v) is 10.1. The molecule has 2 N–H and O–H groups in total. The molecule has 0 bridgehead atoms. The molecule has 9 rings (SSSR count). The van der Waals surface area contributed by atoms with Gasteiger partial charge < -0.3 is 39.1 Å². The number of alkyl halides is 1. The number of carbonyl (C=O) groups is 4. The molecule has 0 spiro atoms. The Kier molecular flexibility index (Phi) is 12.5. The minimum absolute atomic E-state index is 0.0830. The second-order valence-electron chi connectivity index (χ2n) is 16.8. The lowest BCUT2D eigenvalue weighted by Crippen LogP contribution is -2.48. The summed E-state index contributed by atoms with van der Waals surface area (Å²) in [6.07, 6.45) is 1.76. The molecule has 0 saturated carbocycles. The van der Waals surface area contributed by atoms with Crippen LogP contribution in [0.5, 0.6) is 17.2 Å². The van der Waals surface area contributed by atoms with Gasteiger partial charge in [-0.05, 0) is 65.5 Å². The number of sulfonamides is 1. The third-order valence-corrected chi connectivity index (χ3v) is 14.6. The molecule has 0 aromatic heterocycles. The number of benzene rings is 5. The second kappa shape index (κ2) is 18.4. The summed E-state index contributed by atoms with van der Waals surface area (Å²) in [5.41, 5.74) is 5.26. The lowest BCUT2D eigenvalue weighted by molar-refractivity contribution is -0.120. The molecule has 0 radical (unpaired) electrons. The molecule has 15 nitrogen and oxygen atoms in total. The lowest BCUT2D eigenvalue weighted by Gasteiger charge is -2.32. The van der Waals surface area contributed by atoms with E-state index in [-0.39, 0.29) is 65.8 Å². The second-order valence-corrected chi connectivity index (χ2v) is 19.0. The summed E-state index contributed by atoms with van der Waals surface area (Å²) in [6.45, 7) is 3.28. The summed E-state index contributed by atoms with van der Waals surface area (Å²) in [5.74, 6) is 0.313. The molecule has 1 fully saturated rings. The molecule has 4 aliphatic heterocycles. The summed E-state index contributed by atoms with van der Waals surface area (Å²) in [6, 6.07) is 25.8. The van der Waals surface area contributed by atoms with Crippen LogP contribution in [0.1, 0.15) is 45.0 Å². The molecule has 5 aromatic rings. The molecular formula is C49H49ClN6O9S. The number of methoxy groups -OCH3 is 1. The Bertz CT molecular complexity index is 2900. The van der Waals surface area contributed by atoms with Gasteiger partial charge in [-0.15, -0.1) is 11.6 Å². The van der Waals surface area contributed by atoms with Gasteiger partial charge in [-0.25, -0.2) is 17.9 Å². The van der Waals surface area contributed by atoms with Crippen molar-refractivity contribution in [1.29, 1.82) is 0 Å². The molecule has 4 amide bonds. The van der Waals surface area contributed by atoms with Crippen LogP contribution in [0.15, 0.2) is 102 Å². The number of hydrogen-bond donors (Lipinski definition) is 2. The summed E-state index contributed by atoms with van der Waals surface area (Å²) in [5, 5.41) is 4.60. The van der Waals surface area contributed by atoms with E-state index in [1.54, 1.807) is 40.1 Å². The number of fused-ring (bicyclic) bond motifs is 5. The van der Waals surface area contributed by atoms with Crippen molar-refractivity contribution in [1.82, 2.24) is 19.4 Å². The van der Waals surface area contributed by atoms with Crippen LogP contribution in [0.25, 0.3) is 16.3 Å². The Morgan fingerprint density at radius 2 is 1.62 bits per heavy atom. The van der Waals surface area contributed by atoms with Gasteiger partial charge in [0.05, 0.1) is 35.4 Å². The minimum Gasteiger partial charge on any atom is -0.493 e. The Balaban J connectivity index is 0.895. The normalized spacial score (nSPS) is 18.5. The number of carbonyl (C=O) groups excluding carboxylic acids is 4. The first kappa shape index (κ1) is 44.7. The maximum atomic E-state index is 14.2. The van der Waals surface area contributed by atoms with E-state index in [9.17, 15) is 27.6 Å². The average molecular weight is 933 g/mol. The Hall–Kier alpha value is -6.46. The summed E-state index contributed by atoms with van der Waals surface area (Å²) in [7, 11) is 1.23. The average Bonchev–Trinajstić information content (AvgIpc) is 3.68. The molecule has 0 aliphatic carbocycles. The largest absolute Gasteiger partial charge is 0.493 e. The van der Waals surface area contributed by atoms with Crippen LogP contribution in [0.4, 0.5) is 16.2 Å². The third-order valence-electron chi connectivity index (χ3n) is 12.8. The monoisotopic (exact) mass is 932 g/mol. The van der Waals surface area contributed by atoms with Gasteiger partial charge in [0.25, 0.3) is 5.91 Å². The maximum absolute atomic E-state index is 14.2. The van der Waals surface area contributed by atoms with E-state index in [4.69, 9.17) is 25.8 Å².